The van der Waals surface area contributed by atoms with Crippen molar-refractivity contribution in [2.75, 3.05) is 26.8 Å². The van der Waals surface area contributed by atoms with E-state index in [-0.39, 0.29) is 24.0 Å². The van der Waals surface area contributed by atoms with Gasteiger partial charge in [-0.25, -0.2) is 9.67 Å². The van der Waals surface area contributed by atoms with Gasteiger partial charge in [0.2, 0.25) is 0 Å². The lowest BCUT2D eigenvalue weighted by Crippen LogP contribution is -2.38. The van der Waals surface area contributed by atoms with Gasteiger partial charge < -0.3 is 15.4 Å². The molecule has 2 aromatic rings. The highest BCUT2D eigenvalue weighted by molar-refractivity contribution is 14.0. The van der Waals surface area contributed by atoms with Crippen molar-refractivity contribution < 1.29 is 4.74 Å². The number of hydrogen-bond donors (Lipinski definition) is 2. The highest BCUT2D eigenvalue weighted by Gasteiger charge is 2.01. The van der Waals surface area contributed by atoms with Crippen molar-refractivity contribution in [2.45, 2.75) is 13.5 Å². The summed E-state index contributed by atoms with van der Waals surface area (Å²) < 4.78 is 6.88. The van der Waals surface area contributed by atoms with Gasteiger partial charge in [0.05, 0.1) is 24.5 Å². The van der Waals surface area contributed by atoms with E-state index in [4.69, 9.17) is 4.74 Å². The number of nitrogens with zero attached hydrogens (tertiary/aromatic N) is 3. The number of benzene rings is 1. The predicted octanol–water partition coefficient (Wildman–Crippen LogP) is 2.19. The summed E-state index contributed by atoms with van der Waals surface area (Å²) >= 11 is 0. The van der Waals surface area contributed by atoms with E-state index in [1.165, 1.54) is 0 Å². The Morgan fingerprint density at radius 3 is 2.70 bits per heavy atom. The van der Waals surface area contributed by atoms with Gasteiger partial charge in [-0.1, -0.05) is 18.2 Å². The van der Waals surface area contributed by atoms with Gasteiger partial charge in [0.1, 0.15) is 0 Å². The smallest absolute Gasteiger partial charge is 0.191 e. The first-order valence-electron chi connectivity index (χ1n) is 7.44. The number of nitrogens with one attached hydrogen (secondary N) is 2. The molecule has 126 valence electrons. The SMILES string of the molecule is CCNC(=NCc1ccn(-c2ccccc2)n1)NCCOC.I. The monoisotopic (exact) mass is 429 g/mol. The number of halogens is 1. The zero-order valence-electron chi connectivity index (χ0n) is 13.5. The molecule has 0 saturated carbocycles. The lowest BCUT2D eigenvalue weighted by atomic mass is 10.3. The Hall–Kier alpha value is -1.61. The fourth-order valence-corrected chi connectivity index (χ4v) is 1.94. The molecule has 6 nitrogen and oxygen atoms in total. The van der Waals surface area contributed by atoms with Gasteiger partial charge in [0.15, 0.2) is 5.96 Å². The molecule has 0 aliphatic heterocycles. The lowest BCUT2D eigenvalue weighted by molar-refractivity contribution is 0.203. The lowest BCUT2D eigenvalue weighted by Gasteiger charge is -2.10. The number of hydrogen-bond acceptors (Lipinski definition) is 3. The Morgan fingerprint density at radius 1 is 1.22 bits per heavy atom. The Morgan fingerprint density at radius 2 is 2.00 bits per heavy atom. The molecule has 0 spiro atoms. The molecule has 2 N–H and O–H groups in total. The van der Waals surface area contributed by atoms with Gasteiger partial charge in [-0.05, 0) is 25.1 Å². The first-order valence-corrected chi connectivity index (χ1v) is 7.44. The minimum atomic E-state index is 0. The standard InChI is InChI=1S/C16H23N5O.HI/c1-3-17-16(18-10-12-22-2)19-13-14-9-11-21(20-14)15-7-5-4-6-8-15;/h4-9,11H,3,10,12-13H2,1-2H3,(H2,17,18,19);1H. The Balaban J connectivity index is 0.00000264. The summed E-state index contributed by atoms with van der Waals surface area (Å²) in [7, 11) is 1.68. The second-order valence-corrected chi connectivity index (χ2v) is 4.70. The van der Waals surface area contributed by atoms with Crippen LogP contribution in [0.2, 0.25) is 0 Å². The summed E-state index contributed by atoms with van der Waals surface area (Å²) in [4.78, 5) is 4.53. The summed E-state index contributed by atoms with van der Waals surface area (Å²) in [5, 5.41) is 10.9. The van der Waals surface area contributed by atoms with Crippen LogP contribution < -0.4 is 10.6 Å². The van der Waals surface area contributed by atoms with Crippen LogP contribution in [0.25, 0.3) is 5.69 Å². The second kappa shape index (κ2) is 11.0. The summed E-state index contributed by atoms with van der Waals surface area (Å²) in [5.74, 6) is 0.772. The number of methoxy groups -OCH3 is 1. The summed E-state index contributed by atoms with van der Waals surface area (Å²) in [6.45, 7) is 4.75. The molecular formula is C16H24IN5O. The van der Waals surface area contributed by atoms with E-state index in [2.05, 4.69) is 20.7 Å². The van der Waals surface area contributed by atoms with Crippen LogP contribution in [0.3, 0.4) is 0 Å². The van der Waals surface area contributed by atoms with E-state index in [9.17, 15) is 0 Å². The molecule has 1 aromatic heterocycles. The Kier molecular flexibility index (Phi) is 9.30. The number of ether oxygens (including phenoxy) is 1. The predicted molar refractivity (Wildman–Crippen MR) is 104 cm³/mol. The van der Waals surface area contributed by atoms with Crippen molar-refractivity contribution in [3.8, 4) is 5.69 Å². The largest absolute Gasteiger partial charge is 0.383 e. The van der Waals surface area contributed by atoms with Crippen LogP contribution >= 0.6 is 24.0 Å². The molecule has 0 bridgehead atoms. The molecule has 0 unspecified atom stereocenters. The van der Waals surface area contributed by atoms with Gasteiger partial charge in [0.25, 0.3) is 0 Å². The average molecular weight is 429 g/mol. The van der Waals surface area contributed by atoms with E-state index in [1.807, 2.05) is 54.2 Å². The maximum Gasteiger partial charge on any atom is 0.191 e. The highest BCUT2D eigenvalue weighted by atomic mass is 127. The van der Waals surface area contributed by atoms with Gasteiger partial charge >= 0.3 is 0 Å². The zero-order valence-corrected chi connectivity index (χ0v) is 15.9. The molecular weight excluding hydrogens is 405 g/mol. The molecule has 0 saturated heterocycles. The quantitative estimate of drug-likeness (QED) is 0.307. The van der Waals surface area contributed by atoms with E-state index < -0.39 is 0 Å². The van der Waals surface area contributed by atoms with E-state index in [0.717, 1.165) is 30.4 Å². The van der Waals surface area contributed by atoms with Crippen molar-refractivity contribution in [3.63, 3.8) is 0 Å². The topological polar surface area (TPSA) is 63.5 Å². The Labute approximate surface area is 154 Å². The van der Waals surface area contributed by atoms with Crippen molar-refractivity contribution in [2.24, 2.45) is 4.99 Å². The molecule has 0 aliphatic rings. The van der Waals surface area contributed by atoms with Crippen LogP contribution in [0, 0.1) is 0 Å². The first kappa shape index (κ1) is 19.4. The maximum absolute atomic E-state index is 5.02. The third-order valence-corrected chi connectivity index (χ3v) is 3.01. The molecule has 2 rings (SSSR count). The van der Waals surface area contributed by atoms with Gasteiger partial charge in [-0.15, -0.1) is 24.0 Å². The second-order valence-electron chi connectivity index (χ2n) is 4.70. The van der Waals surface area contributed by atoms with Crippen LogP contribution in [-0.2, 0) is 11.3 Å². The van der Waals surface area contributed by atoms with Crippen LogP contribution in [0.4, 0.5) is 0 Å². The molecule has 0 atom stereocenters. The Bertz CT molecular complexity index is 585. The summed E-state index contributed by atoms with van der Waals surface area (Å²) in [6.07, 6.45) is 1.95. The molecule has 1 aromatic carbocycles. The van der Waals surface area contributed by atoms with Crippen LogP contribution in [-0.4, -0.2) is 42.5 Å². The van der Waals surface area contributed by atoms with E-state index in [1.54, 1.807) is 7.11 Å². The molecule has 0 radical (unpaired) electrons. The number of aliphatic imine (C=N–C) groups is 1. The fourth-order valence-electron chi connectivity index (χ4n) is 1.94. The number of rotatable bonds is 7. The van der Waals surface area contributed by atoms with Crippen LogP contribution in [0.15, 0.2) is 47.6 Å². The highest BCUT2D eigenvalue weighted by Crippen LogP contribution is 2.07. The average Bonchev–Trinajstić information content (AvgIpc) is 3.03. The van der Waals surface area contributed by atoms with Gasteiger partial charge in [-0.2, -0.15) is 5.10 Å². The number of guanidine groups is 1. The first-order chi connectivity index (χ1) is 10.8. The van der Waals surface area contributed by atoms with Crippen LogP contribution in [0.1, 0.15) is 12.6 Å². The normalized spacial score (nSPS) is 11.0. The molecule has 7 heteroatoms. The third kappa shape index (κ3) is 6.57. The van der Waals surface area contributed by atoms with Crippen molar-refractivity contribution in [1.29, 1.82) is 0 Å². The van der Waals surface area contributed by atoms with Crippen molar-refractivity contribution in [1.82, 2.24) is 20.4 Å². The van der Waals surface area contributed by atoms with Crippen molar-refractivity contribution >= 4 is 29.9 Å². The molecule has 0 amide bonds. The maximum atomic E-state index is 5.02. The number of para-hydroxylation sites is 1. The van der Waals surface area contributed by atoms with Gasteiger partial charge in [0, 0.05) is 26.4 Å². The van der Waals surface area contributed by atoms with E-state index >= 15 is 0 Å². The number of aromatic nitrogens is 2. The summed E-state index contributed by atoms with van der Waals surface area (Å²) in [5.41, 5.74) is 1.97. The minimum absolute atomic E-state index is 0. The minimum Gasteiger partial charge on any atom is -0.383 e. The molecule has 0 fully saturated rings. The third-order valence-electron chi connectivity index (χ3n) is 3.01. The molecule has 23 heavy (non-hydrogen) atoms. The molecule has 1 heterocycles. The van der Waals surface area contributed by atoms with Crippen molar-refractivity contribution in [3.05, 3.63) is 48.3 Å². The zero-order chi connectivity index (χ0) is 15.6. The van der Waals surface area contributed by atoms with Crippen LogP contribution in [0.5, 0.6) is 0 Å². The fraction of sp³-hybridized carbons (Fsp3) is 0.375. The van der Waals surface area contributed by atoms with Gasteiger partial charge in [-0.3, -0.25) is 0 Å². The molecule has 0 aliphatic carbocycles. The summed E-state index contributed by atoms with van der Waals surface area (Å²) in [6, 6.07) is 12.0. The van der Waals surface area contributed by atoms with E-state index in [0.29, 0.717) is 13.2 Å².